The lowest BCUT2D eigenvalue weighted by Crippen LogP contribution is -2.11. The van der Waals surface area contributed by atoms with Gasteiger partial charge in [-0.3, -0.25) is 4.79 Å². The van der Waals surface area contributed by atoms with E-state index in [1.807, 2.05) is 30.3 Å². The molecule has 132 valence electrons. The molecule has 0 saturated heterocycles. The van der Waals surface area contributed by atoms with Gasteiger partial charge in [0.05, 0.1) is 5.69 Å². The smallest absolute Gasteiger partial charge is 0.387 e. The molecular weight excluding hydrogens is 340 g/mol. The van der Waals surface area contributed by atoms with Crippen molar-refractivity contribution in [1.29, 1.82) is 0 Å². The van der Waals surface area contributed by atoms with Gasteiger partial charge in [-0.25, -0.2) is 0 Å². The molecule has 0 spiro atoms. The summed E-state index contributed by atoms with van der Waals surface area (Å²) in [6.45, 7) is -2.97. The lowest BCUT2D eigenvalue weighted by molar-refractivity contribution is -0.111. The van der Waals surface area contributed by atoms with Crippen molar-refractivity contribution >= 4 is 17.7 Å². The Bertz CT molecular complexity index is 904. The minimum absolute atomic E-state index is 0.103. The minimum atomic E-state index is -2.97. The second kappa shape index (κ2) is 8.11. The Kier molecular flexibility index (Phi) is 5.43. The quantitative estimate of drug-likeness (QED) is 0.618. The zero-order valence-electron chi connectivity index (χ0n) is 13.6. The molecule has 0 radical (unpaired) electrons. The Morgan fingerprint density at radius 1 is 1.00 bits per heavy atom. The second-order valence-electron chi connectivity index (χ2n) is 5.27. The van der Waals surface area contributed by atoms with Crippen LogP contribution >= 0.6 is 0 Å². The third-order valence-corrected chi connectivity index (χ3v) is 3.45. The summed E-state index contributed by atoms with van der Waals surface area (Å²) in [6, 6.07) is 19.1. The Balaban J connectivity index is 1.67. The largest absolute Gasteiger partial charge is 0.457 e. The molecule has 0 bridgehead atoms. The van der Waals surface area contributed by atoms with Crippen molar-refractivity contribution in [3.8, 4) is 17.1 Å². The zero-order chi connectivity index (χ0) is 18.4. The SMILES string of the molecule is O=C(/C=C/c1ccc(-c2ccccc2)o1)Nc1ccccc1OC(F)F. The van der Waals surface area contributed by atoms with Gasteiger partial charge in [-0.1, -0.05) is 42.5 Å². The fourth-order valence-electron chi connectivity index (χ4n) is 2.30. The summed E-state index contributed by atoms with van der Waals surface area (Å²) in [5, 5.41) is 2.50. The predicted octanol–water partition coefficient (Wildman–Crippen LogP) is 5.20. The van der Waals surface area contributed by atoms with Gasteiger partial charge < -0.3 is 14.5 Å². The molecule has 1 aromatic heterocycles. The van der Waals surface area contributed by atoms with Crippen LogP contribution in [0.1, 0.15) is 5.76 Å². The highest BCUT2D eigenvalue weighted by atomic mass is 19.3. The Labute approximate surface area is 148 Å². The van der Waals surface area contributed by atoms with E-state index in [4.69, 9.17) is 4.42 Å². The third kappa shape index (κ3) is 4.57. The van der Waals surface area contributed by atoms with Crippen LogP contribution in [-0.4, -0.2) is 12.5 Å². The van der Waals surface area contributed by atoms with Crippen LogP contribution in [0.5, 0.6) is 5.75 Å². The van der Waals surface area contributed by atoms with E-state index < -0.39 is 12.5 Å². The first-order valence-corrected chi connectivity index (χ1v) is 7.80. The van der Waals surface area contributed by atoms with Crippen LogP contribution in [0.2, 0.25) is 0 Å². The van der Waals surface area contributed by atoms with E-state index in [0.29, 0.717) is 11.5 Å². The molecule has 3 rings (SSSR count). The first-order valence-electron chi connectivity index (χ1n) is 7.80. The van der Waals surface area contributed by atoms with Crippen LogP contribution < -0.4 is 10.1 Å². The van der Waals surface area contributed by atoms with Crippen LogP contribution in [-0.2, 0) is 4.79 Å². The van der Waals surface area contributed by atoms with Crippen molar-refractivity contribution in [2.24, 2.45) is 0 Å². The maximum atomic E-state index is 12.4. The molecule has 6 heteroatoms. The van der Waals surface area contributed by atoms with Gasteiger partial charge >= 0.3 is 6.61 Å². The highest BCUT2D eigenvalue weighted by molar-refractivity contribution is 6.02. The highest BCUT2D eigenvalue weighted by Crippen LogP contribution is 2.26. The van der Waals surface area contributed by atoms with E-state index in [9.17, 15) is 13.6 Å². The number of alkyl halides is 2. The van der Waals surface area contributed by atoms with Gasteiger partial charge in [-0.05, 0) is 30.3 Å². The lowest BCUT2D eigenvalue weighted by Gasteiger charge is -2.10. The molecule has 2 aromatic carbocycles. The first-order chi connectivity index (χ1) is 12.6. The number of hydrogen-bond acceptors (Lipinski definition) is 3. The van der Waals surface area contributed by atoms with Gasteiger partial charge in [0.1, 0.15) is 17.3 Å². The van der Waals surface area contributed by atoms with E-state index in [1.54, 1.807) is 18.2 Å². The van der Waals surface area contributed by atoms with Crippen molar-refractivity contribution in [1.82, 2.24) is 0 Å². The molecule has 1 amide bonds. The topological polar surface area (TPSA) is 51.5 Å². The molecular formula is C20H15F2NO3. The summed E-state index contributed by atoms with van der Waals surface area (Å²) in [5.41, 5.74) is 1.08. The number of nitrogens with one attached hydrogen (secondary N) is 1. The van der Waals surface area contributed by atoms with Crippen molar-refractivity contribution in [3.63, 3.8) is 0 Å². The molecule has 0 saturated carbocycles. The number of benzene rings is 2. The molecule has 3 aromatic rings. The van der Waals surface area contributed by atoms with E-state index in [2.05, 4.69) is 10.1 Å². The number of rotatable bonds is 6. The summed E-state index contributed by atoms with van der Waals surface area (Å²) in [6.07, 6.45) is 2.76. The third-order valence-electron chi connectivity index (χ3n) is 3.45. The highest BCUT2D eigenvalue weighted by Gasteiger charge is 2.10. The normalized spacial score (nSPS) is 11.0. The molecule has 0 unspecified atom stereocenters. The van der Waals surface area contributed by atoms with Crippen molar-refractivity contribution < 1.29 is 22.7 Å². The summed E-state index contributed by atoms with van der Waals surface area (Å²) < 4.78 is 34.8. The number of ether oxygens (including phenoxy) is 1. The minimum Gasteiger partial charge on any atom is -0.457 e. The van der Waals surface area contributed by atoms with Crippen LogP contribution in [0, 0.1) is 0 Å². The Morgan fingerprint density at radius 2 is 1.73 bits per heavy atom. The van der Waals surface area contributed by atoms with Gasteiger partial charge in [0.15, 0.2) is 0 Å². The molecule has 0 aliphatic rings. The van der Waals surface area contributed by atoms with Crippen LogP contribution in [0.4, 0.5) is 14.5 Å². The van der Waals surface area contributed by atoms with Gasteiger partial charge in [-0.2, -0.15) is 8.78 Å². The number of halogens is 2. The Hall–Kier alpha value is -3.41. The van der Waals surface area contributed by atoms with Gasteiger partial charge in [0, 0.05) is 11.6 Å². The van der Waals surface area contributed by atoms with Crippen molar-refractivity contribution in [2.45, 2.75) is 6.61 Å². The fraction of sp³-hybridized carbons (Fsp3) is 0.0500. The van der Waals surface area contributed by atoms with Gasteiger partial charge in [-0.15, -0.1) is 0 Å². The number of carbonyl (C=O) groups excluding carboxylic acids is 1. The number of anilines is 1. The number of amides is 1. The van der Waals surface area contributed by atoms with Gasteiger partial charge in [0.25, 0.3) is 0 Å². The maximum absolute atomic E-state index is 12.4. The van der Waals surface area contributed by atoms with E-state index in [-0.39, 0.29) is 11.4 Å². The van der Waals surface area contributed by atoms with Crippen LogP contribution in [0.15, 0.2) is 77.2 Å². The van der Waals surface area contributed by atoms with Crippen LogP contribution in [0.3, 0.4) is 0 Å². The number of para-hydroxylation sites is 2. The second-order valence-corrected chi connectivity index (χ2v) is 5.27. The first kappa shape index (κ1) is 17.4. The van der Waals surface area contributed by atoms with Crippen LogP contribution in [0.25, 0.3) is 17.4 Å². The van der Waals surface area contributed by atoms with E-state index in [0.717, 1.165) is 5.56 Å². The fourth-order valence-corrected chi connectivity index (χ4v) is 2.30. The molecule has 1 N–H and O–H groups in total. The molecule has 4 nitrogen and oxygen atoms in total. The monoisotopic (exact) mass is 355 g/mol. The van der Waals surface area contributed by atoms with Crippen molar-refractivity contribution in [3.05, 3.63) is 78.6 Å². The number of hydrogen-bond donors (Lipinski definition) is 1. The molecule has 0 fully saturated rings. The summed E-state index contributed by atoms with van der Waals surface area (Å²) in [4.78, 5) is 12.0. The summed E-state index contributed by atoms with van der Waals surface area (Å²) in [5.74, 6) is 0.582. The lowest BCUT2D eigenvalue weighted by atomic mass is 10.2. The van der Waals surface area contributed by atoms with E-state index >= 15 is 0 Å². The van der Waals surface area contributed by atoms with Crippen molar-refractivity contribution in [2.75, 3.05) is 5.32 Å². The number of carbonyl (C=O) groups is 1. The molecule has 0 aliphatic heterocycles. The Morgan fingerprint density at radius 3 is 2.50 bits per heavy atom. The number of furan rings is 1. The summed E-state index contributed by atoms with van der Waals surface area (Å²) in [7, 11) is 0. The predicted molar refractivity (Wildman–Crippen MR) is 94.9 cm³/mol. The summed E-state index contributed by atoms with van der Waals surface area (Å²) >= 11 is 0. The average Bonchev–Trinajstić information content (AvgIpc) is 3.11. The van der Waals surface area contributed by atoms with Gasteiger partial charge in [0.2, 0.25) is 5.91 Å². The maximum Gasteiger partial charge on any atom is 0.387 e. The zero-order valence-corrected chi connectivity index (χ0v) is 13.6. The molecule has 0 atom stereocenters. The molecule has 26 heavy (non-hydrogen) atoms. The van der Waals surface area contributed by atoms with E-state index in [1.165, 1.54) is 30.4 Å². The molecule has 0 aliphatic carbocycles. The standard InChI is InChI=1S/C20H15F2NO3/c21-20(22)26-18-9-5-4-8-16(18)23-19(24)13-11-15-10-12-17(25-15)14-6-2-1-3-7-14/h1-13,20H,(H,23,24)/b13-11+. The average molecular weight is 355 g/mol. The molecule has 1 heterocycles.